The number of rotatable bonds is 5. The molecule has 106 valence electrons. The Hall–Kier alpha value is -1.17. The highest BCUT2D eigenvalue weighted by molar-refractivity contribution is 7.99. The molecule has 20 heavy (non-hydrogen) atoms. The van der Waals surface area contributed by atoms with Gasteiger partial charge < -0.3 is 11.1 Å². The normalized spacial score (nSPS) is 10.6. The van der Waals surface area contributed by atoms with Gasteiger partial charge in [-0.2, -0.15) is 4.98 Å². The van der Waals surface area contributed by atoms with Crippen LogP contribution in [-0.2, 0) is 0 Å². The fraction of sp³-hybridized carbons (Fsp3) is 0.231. The van der Waals surface area contributed by atoms with E-state index in [4.69, 9.17) is 28.9 Å². The molecule has 0 aliphatic rings. The Morgan fingerprint density at radius 3 is 2.70 bits per heavy atom. The third-order valence-corrected chi connectivity index (χ3v) is 4.04. The molecular weight excluding hydrogens is 315 g/mol. The second-order valence-corrected chi connectivity index (χ2v) is 5.96. The molecule has 4 nitrogen and oxygen atoms in total. The Balaban J connectivity index is 2.19. The van der Waals surface area contributed by atoms with Crippen molar-refractivity contribution in [2.45, 2.75) is 23.3 Å². The van der Waals surface area contributed by atoms with Crippen LogP contribution in [0.15, 0.2) is 34.2 Å². The maximum Gasteiger partial charge on any atom is 0.223 e. The van der Waals surface area contributed by atoms with E-state index in [9.17, 15) is 0 Å². The highest BCUT2D eigenvalue weighted by atomic mass is 35.5. The summed E-state index contributed by atoms with van der Waals surface area (Å²) in [5.74, 6) is 0.968. The molecule has 0 atom stereocenters. The van der Waals surface area contributed by atoms with Gasteiger partial charge in [0.15, 0.2) is 0 Å². The van der Waals surface area contributed by atoms with Crippen LogP contribution in [0.3, 0.4) is 0 Å². The zero-order chi connectivity index (χ0) is 14.5. The number of nitrogen functional groups attached to an aromatic ring is 1. The van der Waals surface area contributed by atoms with Crippen LogP contribution >= 0.6 is 35.0 Å². The zero-order valence-electron chi connectivity index (χ0n) is 10.9. The van der Waals surface area contributed by atoms with Crippen molar-refractivity contribution >= 4 is 46.7 Å². The summed E-state index contributed by atoms with van der Waals surface area (Å²) in [6.45, 7) is 2.93. The number of hydrogen-bond acceptors (Lipinski definition) is 5. The maximum atomic E-state index is 6.00. The fourth-order valence-electron chi connectivity index (χ4n) is 1.50. The second kappa shape index (κ2) is 7.02. The lowest BCUT2D eigenvalue weighted by atomic mass is 10.4. The summed E-state index contributed by atoms with van der Waals surface area (Å²) in [6.07, 6.45) is 1.01. The summed E-state index contributed by atoms with van der Waals surface area (Å²) in [6, 6.07) is 7.30. The van der Waals surface area contributed by atoms with E-state index in [-0.39, 0.29) is 5.95 Å². The van der Waals surface area contributed by atoms with Crippen LogP contribution in [0.5, 0.6) is 0 Å². The van der Waals surface area contributed by atoms with Gasteiger partial charge in [0, 0.05) is 17.5 Å². The molecule has 0 saturated heterocycles. The Bertz CT molecular complexity index is 607. The van der Waals surface area contributed by atoms with Crippen LogP contribution in [-0.4, -0.2) is 16.5 Å². The summed E-state index contributed by atoms with van der Waals surface area (Å²) < 4.78 is 0. The SMILES string of the molecule is CCCNc1cc(Sc2ccc(Cl)c(Cl)c2)nc(N)n1. The smallest absolute Gasteiger partial charge is 0.223 e. The van der Waals surface area contributed by atoms with Gasteiger partial charge in [-0.25, -0.2) is 4.98 Å². The Kier molecular flexibility index (Phi) is 5.34. The molecule has 1 aromatic heterocycles. The van der Waals surface area contributed by atoms with E-state index in [1.165, 1.54) is 11.8 Å². The van der Waals surface area contributed by atoms with E-state index >= 15 is 0 Å². The Morgan fingerprint density at radius 1 is 1.20 bits per heavy atom. The molecule has 0 saturated carbocycles. The zero-order valence-corrected chi connectivity index (χ0v) is 13.2. The number of nitrogens with two attached hydrogens (primary N) is 1. The van der Waals surface area contributed by atoms with Crippen molar-refractivity contribution in [2.75, 3.05) is 17.6 Å². The number of benzene rings is 1. The van der Waals surface area contributed by atoms with E-state index in [1.54, 1.807) is 12.1 Å². The molecule has 0 bridgehead atoms. The van der Waals surface area contributed by atoms with Crippen molar-refractivity contribution in [1.82, 2.24) is 9.97 Å². The van der Waals surface area contributed by atoms with Gasteiger partial charge in [0.05, 0.1) is 10.0 Å². The minimum absolute atomic E-state index is 0.244. The fourth-order valence-corrected chi connectivity index (χ4v) is 2.73. The van der Waals surface area contributed by atoms with Crippen molar-refractivity contribution in [1.29, 1.82) is 0 Å². The summed E-state index contributed by atoms with van der Waals surface area (Å²) in [7, 11) is 0. The van der Waals surface area contributed by atoms with Gasteiger partial charge >= 0.3 is 0 Å². The van der Waals surface area contributed by atoms with E-state index in [1.807, 2.05) is 12.1 Å². The van der Waals surface area contributed by atoms with Gasteiger partial charge in [0.1, 0.15) is 10.8 Å². The van der Waals surface area contributed by atoms with Gasteiger partial charge in [-0.1, -0.05) is 41.9 Å². The quantitative estimate of drug-likeness (QED) is 0.799. The molecule has 1 heterocycles. The standard InChI is InChI=1S/C13H14Cl2N4S/c1-2-5-17-11-7-12(19-13(16)18-11)20-8-3-4-9(14)10(15)6-8/h3-4,6-7H,2,5H2,1H3,(H3,16,17,18,19). The van der Waals surface area contributed by atoms with E-state index < -0.39 is 0 Å². The summed E-state index contributed by atoms with van der Waals surface area (Å²) >= 11 is 13.3. The maximum absolute atomic E-state index is 6.00. The monoisotopic (exact) mass is 328 g/mol. The van der Waals surface area contributed by atoms with Gasteiger partial charge in [0.2, 0.25) is 5.95 Å². The molecule has 0 aliphatic heterocycles. The van der Waals surface area contributed by atoms with E-state index in [0.29, 0.717) is 10.0 Å². The van der Waals surface area contributed by atoms with Crippen molar-refractivity contribution in [3.8, 4) is 0 Å². The molecular formula is C13H14Cl2N4S. The predicted octanol–water partition coefficient (Wildman–Crippen LogP) is 4.34. The predicted molar refractivity (Wildman–Crippen MR) is 85.8 cm³/mol. The number of halogens is 2. The minimum atomic E-state index is 0.244. The van der Waals surface area contributed by atoms with E-state index in [0.717, 1.165) is 28.7 Å². The van der Waals surface area contributed by atoms with Crippen molar-refractivity contribution in [3.05, 3.63) is 34.3 Å². The largest absolute Gasteiger partial charge is 0.370 e. The summed E-state index contributed by atoms with van der Waals surface area (Å²) in [5, 5.41) is 5.00. The van der Waals surface area contributed by atoms with Gasteiger partial charge in [-0.15, -0.1) is 0 Å². The molecule has 0 radical (unpaired) electrons. The molecule has 0 unspecified atom stereocenters. The first kappa shape index (κ1) is 15.2. The van der Waals surface area contributed by atoms with Crippen LogP contribution in [0.25, 0.3) is 0 Å². The third kappa shape index (κ3) is 4.16. The van der Waals surface area contributed by atoms with E-state index in [2.05, 4.69) is 22.2 Å². The number of nitrogens with zero attached hydrogens (tertiary/aromatic N) is 2. The molecule has 7 heteroatoms. The molecule has 2 aromatic rings. The van der Waals surface area contributed by atoms with Crippen LogP contribution < -0.4 is 11.1 Å². The Morgan fingerprint density at radius 2 is 2.00 bits per heavy atom. The summed E-state index contributed by atoms with van der Waals surface area (Å²) in [4.78, 5) is 9.29. The first-order chi connectivity index (χ1) is 9.58. The topological polar surface area (TPSA) is 63.8 Å². The highest BCUT2D eigenvalue weighted by Crippen LogP contribution is 2.32. The van der Waals surface area contributed by atoms with Gasteiger partial charge in [-0.05, 0) is 24.6 Å². The lowest BCUT2D eigenvalue weighted by Crippen LogP contribution is -2.05. The van der Waals surface area contributed by atoms with Crippen molar-refractivity contribution in [2.24, 2.45) is 0 Å². The van der Waals surface area contributed by atoms with Crippen LogP contribution in [0, 0.1) is 0 Å². The third-order valence-electron chi connectivity index (χ3n) is 2.39. The van der Waals surface area contributed by atoms with Crippen LogP contribution in [0.4, 0.5) is 11.8 Å². The first-order valence-corrected chi connectivity index (χ1v) is 7.67. The molecule has 0 spiro atoms. The highest BCUT2D eigenvalue weighted by Gasteiger charge is 2.06. The number of nitrogens with one attached hydrogen (secondary N) is 1. The van der Waals surface area contributed by atoms with Gasteiger partial charge in [0.25, 0.3) is 0 Å². The average molecular weight is 329 g/mol. The summed E-state index contributed by atoms with van der Waals surface area (Å²) in [5.41, 5.74) is 5.72. The number of hydrogen-bond donors (Lipinski definition) is 2. The molecule has 3 N–H and O–H groups in total. The van der Waals surface area contributed by atoms with Gasteiger partial charge in [-0.3, -0.25) is 0 Å². The number of anilines is 2. The molecule has 0 amide bonds. The first-order valence-electron chi connectivity index (χ1n) is 6.10. The number of aromatic nitrogens is 2. The molecule has 0 aliphatic carbocycles. The molecule has 0 fully saturated rings. The molecule has 1 aromatic carbocycles. The minimum Gasteiger partial charge on any atom is -0.370 e. The van der Waals surface area contributed by atoms with Crippen LogP contribution in [0.2, 0.25) is 10.0 Å². The lowest BCUT2D eigenvalue weighted by Gasteiger charge is -2.07. The van der Waals surface area contributed by atoms with Crippen molar-refractivity contribution < 1.29 is 0 Å². The Labute approximate surface area is 132 Å². The second-order valence-electron chi connectivity index (χ2n) is 4.05. The molecule has 2 rings (SSSR count). The average Bonchev–Trinajstić information content (AvgIpc) is 2.40. The van der Waals surface area contributed by atoms with Crippen LogP contribution in [0.1, 0.15) is 13.3 Å². The van der Waals surface area contributed by atoms with Crippen molar-refractivity contribution in [3.63, 3.8) is 0 Å². The lowest BCUT2D eigenvalue weighted by molar-refractivity contribution is 0.957.